The summed E-state index contributed by atoms with van der Waals surface area (Å²) in [5.41, 5.74) is 1.85. The van der Waals surface area contributed by atoms with Gasteiger partial charge in [0.25, 0.3) is 5.91 Å². The average Bonchev–Trinajstić information content (AvgIpc) is 2.82. The van der Waals surface area contributed by atoms with E-state index in [1.807, 2.05) is 0 Å². The van der Waals surface area contributed by atoms with Crippen LogP contribution in [0.25, 0.3) is 11.1 Å². The van der Waals surface area contributed by atoms with Crippen molar-refractivity contribution in [3.8, 4) is 11.1 Å². The van der Waals surface area contributed by atoms with Crippen LogP contribution in [0.1, 0.15) is 63.0 Å². The number of halogens is 2. The maximum Gasteiger partial charge on any atom is 0.407 e. The number of esters is 1. The Bertz CT molecular complexity index is 1410. The monoisotopic (exact) mass is 612 g/mol. The minimum atomic E-state index is -0.648. The van der Waals surface area contributed by atoms with Gasteiger partial charge in [0.05, 0.1) is 6.42 Å². The molecule has 0 aliphatic heterocycles. The van der Waals surface area contributed by atoms with Crippen molar-refractivity contribution in [2.75, 3.05) is 5.32 Å². The molecule has 3 aromatic rings. The average molecular weight is 614 g/mol. The van der Waals surface area contributed by atoms with Gasteiger partial charge in [0, 0.05) is 22.3 Å². The van der Waals surface area contributed by atoms with Gasteiger partial charge in [0.1, 0.15) is 17.0 Å². The molecule has 0 atom stereocenters. The number of amides is 2. The zero-order chi connectivity index (χ0) is 29.7. The van der Waals surface area contributed by atoms with Gasteiger partial charge in [0.15, 0.2) is 0 Å². The Labute approximate surface area is 242 Å². The summed E-state index contributed by atoms with van der Waals surface area (Å²) in [5, 5.41) is 5.50. The van der Waals surface area contributed by atoms with Crippen LogP contribution in [0.15, 0.2) is 65.1 Å². The maximum absolute atomic E-state index is 14.5. The number of anilines is 1. The molecule has 7 nitrogen and oxygen atoms in total. The van der Waals surface area contributed by atoms with E-state index in [-0.39, 0.29) is 13.0 Å². The van der Waals surface area contributed by atoms with E-state index >= 15 is 0 Å². The summed E-state index contributed by atoms with van der Waals surface area (Å²) in [6.07, 6.45) is -0.619. The first-order chi connectivity index (χ1) is 18.6. The Morgan fingerprint density at radius 3 is 2.23 bits per heavy atom. The number of alkyl carbamates (subject to hydrolysis) is 1. The Morgan fingerprint density at radius 2 is 1.55 bits per heavy atom. The molecule has 2 amide bonds. The standard InChI is InChI=1S/C31H34BrFN2O5/c1-30(2,3)39-27(36)17-23-15-24(32)10-11-26(23)35-28(37)21-9-7-8-20(14-21)22-12-19(13-25(33)16-22)18-34-29(38)40-31(4,5)6/h7-16H,17-18H2,1-6H3,(H,34,38)(H,35,37). The molecular formula is C31H34BrFN2O5. The molecule has 0 bridgehead atoms. The molecule has 40 heavy (non-hydrogen) atoms. The van der Waals surface area contributed by atoms with Crippen LogP contribution >= 0.6 is 15.9 Å². The fourth-order valence-corrected chi connectivity index (χ4v) is 4.21. The molecule has 0 unspecified atom stereocenters. The SMILES string of the molecule is CC(C)(C)OC(=O)Cc1cc(Br)ccc1NC(=O)c1cccc(-c2cc(F)cc(CNC(=O)OC(C)(C)C)c2)c1. The number of ether oxygens (including phenoxy) is 2. The van der Waals surface area contributed by atoms with Crippen molar-refractivity contribution < 1.29 is 28.2 Å². The van der Waals surface area contributed by atoms with E-state index in [1.165, 1.54) is 12.1 Å². The molecule has 0 saturated carbocycles. The lowest BCUT2D eigenvalue weighted by Crippen LogP contribution is -2.32. The third-order valence-electron chi connectivity index (χ3n) is 5.32. The normalized spacial score (nSPS) is 11.5. The lowest BCUT2D eigenvalue weighted by atomic mass is 10.00. The first-order valence-electron chi connectivity index (χ1n) is 12.8. The van der Waals surface area contributed by atoms with Crippen LogP contribution in [0.4, 0.5) is 14.9 Å². The molecule has 0 saturated heterocycles. The first kappa shape index (κ1) is 30.8. The van der Waals surface area contributed by atoms with Crippen molar-refractivity contribution in [2.45, 2.75) is 65.7 Å². The number of benzene rings is 3. The quantitative estimate of drug-likeness (QED) is 0.271. The predicted molar refractivity (Wildman–Crippen MR) is 157 cm³/mol. The minimum absolute atomic E-state index is 0.0181. The van der Waals surface area contributed by atoms with Crippen LogP contribution in [0.3, 0.4) is 0 Å². The smallest absolute Gasteiger partial charge is 0.407 e. The molecule has 0 aliphatic rings. The van der Waals surface area contributed by atoms with E-state index in [0.29, 0.717) is 33.5 Å². The number of carbonyl (C=O) groups excluding carboxylic acids is 3. The summed E-state index contributed by atoms with van der Waals surface area (Å²) in [6, 6.07) is 16.4. The maximum atomic E-state index is 14.5. The Morgan fingerprint density at radius 1 is 0.850 bits per heavy atom. The third-order valence-corrected chi connectivity index (χ3v) is 5.81. The van der Waals surface area contributed by atoms with Crippen LogP contribution in [0.5, 0.6) is 0 Å². The number of nitrogens with one attached hydrogen (secondary N) is 2. The number of carbonyl (C=O) groups is 3. The van der Waals surface area contributed by atoms with Gasteiger partial charge in [-0.25, -0.2) is 9.18 Å². The number of hydrogen-bond donors (Lipinski definition) is 2. The van der Waals surface area contributed by atoms with Gasteiger partial charge >= 0.3 is 12.1 Å². The second-order valence-corrected chi connectivity index (χ2v) is 12.2. The zero-order valence-electron chi connectivity index (χ0n) is 23.5. The van der Waals surface area contributed by atoms with E-state index in [9.17, 15) is 18.8 Å². The van der Waals surface area contributed by atoms with E-state index < -0.39 is 35.0 Å². The Hall–Kier alpha value is -3.72. The molecule has 3 rings (SSSR count). The third kappa shape index (κ3) is 9.79. The highest BCUT2D eigenvalue weighted by molar-refractivity contribution is 9.10. The van der Waals surface area contributed by atoms with Gasteiger partial charge in [-0.05, 0) is 112 Å². The number of rotatable bonds is 7. The Balaban J connectivity index is 1.78. The highest BCUT2D eigenvalue weighted by Gasteiger charge is 2.19. The van der Waals surface area contributed by atoms with Gasteiger partial charge in [0.2, 0.25) is 0 Å². The van der Waals surface area contributed by atoms with E-state index in [1.54, 1.807) is 90.1 Å². The summed E-state index contributed by atoms with van der Waals surface area (Å²) < 4.78 is 25.9. The summed E-state index contributed by atoms with van der Waals surface area (Å²) in [7, 11) is 0. The zero-order valence-corrected chi connectivity index (χ0v) is 25.1. The Kier molecular flexibility index (Phi) is 9.73. The molecule has 0 aliphatic carbocycles. The van der Waals surface area contributed by atoms with Crippen LogP contribution in [0.2, 0.25) is 0 Å². The van der Waals surface area contributed by atoms with Crippen LogP contribution < -0.4 is 10.6 Å². The largest absolute Gasteiger partial charge is 0.460 e. The van der Waals surface area contributed by atoms with Gasteiger partial charge < -0.3 is 20.1 Å². The molecule has 0 aromatic heterocycles. The topological polar surface area (TPSA) is 93.7 Å². The minimum Gasteiger partial charge on any atom is -0.460 e. The highest BCUT2D eigenvalue weighted by atomic mass is 79.9. The number of hydrogen-bond acceptors (Lipinski definition) is 5. The lowest BCUT2D eigenvalue weighted by Gasteiger charge is -2.20. The second kappa shape index (κ2) is 12.6. The van der Waals surface area contributed by atoms with Crippen LogP contribution in [-0.4, -0.2) is 29.2 Å². The molecular weight excluding hydrogens is 579 g/mol. The van der Waals surface area contributed by atoms with Crippen LogP contribution in [0, 0.1) is 5.82 Å². The molecule has 212 valence electrons. The summed E-state index contributed by atoms with van der Waals surface area (Å²) in [4.78, 5) is 37.6. The molecule has 2 N–H and O–H groups in total. The van der Waals surface area contributed by atoms with E-state index in [2.05, 4.69) is 26.6 Å². The second-order valence-electron chi connectivity index (χ2n) is 11.3. The van der Waals surface area contributed by atoms with Gasteiger partial charge in [-0.3, -0.25) is 9.59 Å². The van der Waals surface area contributed by atoms with Gasteiger partial charge in [-0.1, -0.05) is 28.1 Å². The van der Waals surface area contributed by atoms with E-state index in [4.69, 9.17) is 9.47 Å². The van der Waals surface area contributed by atoms with Crippen molar-refractivity contribution >= 4 is 39.6 Å². The lowest BCUT2D eigenvalue weighted by molar-refractivity contribution is -0.153. The summed E-state index contributed by atoms with van der Waals surface area (Å²) >= 11 is 3.41. The summed E-state index contributed by atoms with van der Waals surface area (Å²) in [6.45, 7) is 10.7. The van der Waals surface area contributed by atoms with Crippen molar-refractivity contribution in [3.63, 3.8) is 0 Å². The molecule has 0 heterocycles. The van der Waals surface area contributed by atoms with Crippen molar-refractivity contribution in [1.29, 1.82) is 0 Å². The fourth-order valence-electron chi connectivity index (χ4n) is 3.81. The van der Waals surface area contributed by atoms with Crippen molar-refractivity contribution in [2.24, 2.45) is 0 Å². The van der Waals surface area contributed by atoms with Crippen molar-refractivity contribution in [1.82, 2.24) is 5.32 Å². The van der Waals surface area contributed by atoms with Crippen molar-refractivity contribution in [3.05, 3.63) is 87.6 Å². The predicted octanol–water partition coefficient (Wildman–Crippen LogP) is 7.42. The molecule has 0 radical (unpaired) electrons. The molecule has 9 heteroatoms. The van der Waals surface area contributed by atoms with Gasteiger partial charge in [-0.2, -0.15) is 0 Å². The molecule has 0 fully saturated rings. The first-order valence-corrected chi connectivity index (χ1v) is 13.6. The molecule has 3 aromatic carbocycles. The van der Waals surface area contributed by atoms with Crippen LogP contribution in [-0.2, 0) is 27.2 Å². The fraction of sp³-hybridized carbons (Fsp3) is 0.323. The van der Waals surface area contributed by atoms with Gasteiger partial charge in [-0.15, -0.1) is 0 Å². The molecule has 0 spiro atoms. The summed E-state index contributed by atoms with van der Waals surface area (Å²) in [5.74, 6) is -1.28. The van der Waals surface area contributed by atoms with E-state index in [0.717, 1.165) is 4.47 Å². The highest BCUT2D eigenvalue weighted by Crippen LogP contribution is 2.26.